The van der Waals surface area contributed by atoms with Gasteiger partial charge in [0.2, 0.25) is 0 Å². The quantitative estimate of drug-likeness (QED) is 0.727. The van der Waals surface area contributed by atoms with Crippen molar-refractivity contribution in [2.24, 2.45) is 10.8 Å². The number of aromatic nitrogens is 2. The topological polar surface area (TPSA) is 29.0 Å². The first kappa shape index (κ1) is 11.4. The normalized spacial score (nSPS) is 23.1. The molecule has 0 saturated carbocycles. The number of hydrogen-bond donors (Lipinski definition) is 0. The second kappa shape index (κ2) is 3.72. The molecule has 1 aliphatic rings. The number of hydrogen-bond acceptors (Lipinski definition) is 3. The minimum Gasteiger partial charge on any atom is -0.355 e. The van der Waals surface area contributed by atoms with Gasteiger partial charge in [-0.25, -0.2) is 9.97 Å². The predicted molar refractivity (Wildman–Crippen MR) is 66.4 cm³/mol. The van der Waals surface area contributed by atoms with E-state index in [9.17, 15) is 0 Å². The molecule has 3 nitrogen and oxygen atoms in total. The maximum Gasteiger partial charge on any atom is 0.131 e. The third-order valence-corrected chi connectivity index (χ3v) is 3.09. The highest BCUT2D eigenvalue weighted by atomic mass is 15.2. The van der Waals surface area contributed by atoms with E-state index < -0.39 is 0 Å². The van der Waals surface area contributed by atoms with E-state index in [-0.39, 0.29) is 0 Å². The third-order valence-electron chi connectivity index (χ3n) is 3.09. The van der Waals surface area contributed by atoms with E-state index in [1.165, 1.54) is 6.42 Å². The Hall–Kier alpha value is -1.12. The van der Waals surface area contributed by atoms with Gasteiger partial charge in [0, 0.05) is 19.3 Å². The van der Waals surface area contributed by atoms with Crippen molar-refractivity contribution < 1.29 is 0 Å². The molecule has 0 radical (unpaired) electrons. The first-order valence-corrected chi connectivity index (χ1v) is 5.89. The lowest BCUT2D eigenvalue weighted by Gasteiger charge is -2.47. The molecule has 0 unspecified atom stereocenters. The van der Waals surface area contributed by atoms with Gasteiger partial charge >= 0.3 is 0 Å². The minimum absolute atomic E-state index is 0.354. The standard InChI is InChI=1S/C13H21N3/c1-12(2)7-13(3,4)9-16(8-12)11-5-6-14-10-15-11/h5-6,10H,7-9H2,1-4H3. The van der Waals surface area contributed by atoms with Crippen LogP contribution in [-0.2, 0) is 0 Å². The molecule has 0 aromatic carbocycles. The van der Waals surface area contributed by atoms with Crippen molar-refractivity contribution in [1.29, 1.82) is 0 Å². The molecule has 16 heavy (non-hydrogen) atoms. The van der Waals surface area contributed by atoms with Crippen molar-refractivity contribution in [3.05, 3.63) is 18.6 Å². The molecule has 0 aliphatic carbocycles. The van der Waals surface area contributed by atoms with Gasteiger partial charge in [0.1, 0.15) is 12.1 Å². The Morgan fingerprint density at radius 1 is 1.12 bits per heavy atom. The van der Waals surface area contributed by atoms with Crippen molar-refractivity contribution in [3.8, 4) is 0 Å². The molecular weight excluding hydrogens is 198 g/mol. The van der Waals surface area contributed by atoms with Crippen LogP contribution < -0.4 is 4.90 Å². The summed E-state index contributed by atoms with van der Waals surface area (Å²) in [6.07, 6.45) is 4.71. The third kappa shape index (κ3) is 2.52. The van der Waals surface area contributed by atoms with Gasteiger partial charge in [0.15, 0.2) is 0 Å². The summed E-state index contributed by atoms with van der Waals surface area (Å²) in [6, 6.07) is 2.00. The Bertz CT molecular complexity index is 341. The zero-order valence-corrected chi connectivity index (χ0v) is 10.7. The van der Waals surface area contributed by atoms with Crippen LogP contribution in [0.15, 0.2) is 18.6 Å². The van der Waals surface area contributed by atoms with E-state index in [2.05, 4.69) is 42.6 Å². The Balaban J connectivity index is 2.23. The molecule has 1 fully saturated rings. The molecule has 2 heterocycles. The summed E-state index contributed by atoms with van der Waals surface area (Å²) in [4.78, 5) is 10.7. The Kier molecular flexibility index (Phi) is 2.64. The molecular formula is C13H21N3. The monoisotopic (exact) mass is 219 g/mol. The van der Waals surface area contributed by atoms with Crippen molar-refractivity contribution in [2.45, 2.75) is 34.1 Å². The molecule has 1 saturated heterocycles. The summed E-state index contributed by atoms with van der Waals surface area (Å²) in [5.41, 5.74) is 0.708. The second-order valence-electron chi connectivity index (χ2n) is 6.43. The predicted octanol–water partition coefficient (Wildman–Crippen LogP) is 2.74. The maximum atomic E-state index is 4.35. The molecule has 1 aromatic heterocycles. The highest BCUT2D eigenvalue weighted by Gasteiger charge is 2.37. The van der Waals surface area contributed by atoms with Crippen molar-refractivity contribution in [3.63, 3.8) is 0 Å². The highest BCUT2D eigenvalue weighted by Crippen LogP contribution is 2.40. The maximum absolute atomic E-state index is 4.35. The van der Waals surface area contributed by atoms with Gasteiger partial charge in [-0.2, -0.15) is 0 Å². The molecule has 0 amide bonds. The number of rotatable bonds is 1. The summed E-state index contributed by atoms with van der Waals surface area (Å²) >= 11 is 0. The molecule has 0 spiro atoms. The van der Waals surface area contributed by atoms with Gasteiger partial charge in [-0.1, -0.05) is 27.7 Å². The summed E-state index contributed by atoms with van der Waals surface area (Å²) < 4.78 is 0. The van der Waals surface area contributed by atoms with E-state index in [1.807, 2.05) is 12.3 Å². The second-order valence-corrected chi connectivity index (χ2v) is 6.43. The van der Waals surface area contributed by atoms with Crippen LogP contribution in [0.25, 0.3) is 0 Å². The van der Waals surface area contributed by atoms with E-state index >= 15 is 0 Å². The lowest BCUT2D eigenvalue weighted by Crippen LogP contribution is -2.48. The average Bonchev–Trinajstić information content (AvgIpc) is 2.14. The van der Waals surface area contributed by atoms with Crippen molar-refractivity contribution >= 4 is 5.82 Å². The van der Waals surface area contributed by atoms with Crippen molar-refractivity contribution in [1.82, 2.24) is 9.97 Å². The van der Waals surface area contributed by atoms with Gasteiger partial charge < -0.3 is 4.90 Å². The fourth-order valence-corrected chi connectivity index (χ4v) is 3.13. The smallest absolute Gasteiger partial charge is 0.131 e. The molecule has 3 heteroatoms. The number of piperidine rings is 1. The first-order valence-electron chi connectivity index (χ1n) is 5.89. The Labute approximate surface area is 97.9 Å². The van der Waals surface area contributed by atoms with Crippen LogP contribution in [0.2, 0.25) is 0 Å². The Morgan fingerprint density at radius 2 is 1.75 bits per heavy atom. The van der Waals surface area contributed by atoms with Gasteiger partial charge in [0.25, 0.3) is 0 Å². The molecule has 1 aromatic rings. The molecule has 0 N–H and O–H groups in total. The van der Waals surface area contributed by atoms with E-state index in [0.717, 1.165) is 18.9 Å². The first-order chi connectivity index (χ1) is 7.38. The zero-order valence-electron chi connectivity index (χ0n) is 10.7. The van der Waals surface area contributed by atoms with Crippen LogP contribution in [-0.4, -0.2) is 23.1 Å². The fourth-order valence-electron chi connectivity index (χ4n) is 3.13. The summed E-state index contributed by atoms with van der Waals surface area (Å²) in [6.45, 7) is 11.5. The van der Waals surface area contributed by atoms with E-state index in [4.69, 9.17) is 0 Å². The zero-order chi connectivity index (χ0) is 11.8. The van der Waals surface area contributed by atoms with Gasteiger partial charge in [-0.15, -0.1) is 0 Å². The largest absolute Gasteiger partial charge is 0.355 e. The lowest BCUT2D eigenvalue weighted by atomic mass is 9.71. The minimum atomic E-state index is 0.354. The highest BCUT2D eigenvalue weighted by molar-refractivity contribution is 5.38. The van der Waals surface area contributed by atoms with E-state index in [1.54, 1.807) is 6.33 Å². The molecule has 0 bridgehead atoms. The van der Waals surface area contributed by atoms with Crippen LogP contribution in [0.1, 0.15) is 34.1 Å². The fraction of sp³-hybridized carbons (Fsp3) is 0.692. The van der Waals surface area contributed by atoms with Crippen LogP contribution >= 0.6 is 0 Å². The van der Waals surface area contributed by atoms with Crippen LogP contribution in [0, 0.1) is 10.8 Å². The molecule has 88 valence electrons. The lowest BCUT2D eigenvalue weighted by molar-refractivity contribution is 0.158. The summed E-state index contributed by atoms with van der Waals surface area (Å²) in [7, 11) is 0. The Morgan fingerprint density at radius 3 is 2.25 bits per heavy atom. The van der Waals surface area contributed by atoms with Gasteiger partial charge in [0.05, 0.1) is 0 Å². The van der Waals surface area contributed by atoms with Crippen LogP contribution in [0.3, 0.4) is 0 Å². The number of nitrogens with zero attached hydrogens (tertiary/aromatic N) is 3. The van der Waals surface area contributed by atoms with Crippen molar-refractivity contribution in [2.75, 3.05) is 18.0 Å². The van der Waals surface area contributed by atoms with Crippen LogP contribution in [0.5, 0.6) is 0 Å². The SMILES string of the molecule is CC1(C)CN(c2ccncn2)CC(C)(C)C1. The molecule has 1 aliphatic heterocycles. The van der Waals surface area contributed by atoms with Gasteiger partial charge in [-0.3, -0.25) is 0 Å². The molecule has 2 rings (SSSR count). The molecule has 0 atom stereocenters. The van der Waals surface area contributed by atoms with E-state index in [0.29, 0.717) is 10.8 Å². The van der Waals surface area contributed by atoms with Crippen LogP contribution in [0.4, 0.5) is 5.82 Å². The summed E-state index contributed by atoms with van der Waals surface area (Å²) in [5, 5.41) is 0. The summed E-state index contributed by atoms with van der Waals surface area (Å²) in [5.74, 6) is 1.05. The number of anilines is 1. The average molecular weight is 219 g/mol. The van der Waals surface area contributed by atoms with Gasteiger partial charge in [-0.05, 0) is 23.3 Å².